The van der Waals surface area contributed by atoms with Crippen LogP contribution in [0.5, 0.6) is 11.5 Å². The minimum atomic E-state index is -3.00. The summed E-state index contributed by atoms with van der Waals surface area (Å²) in [6.45, 7) is -3.00. The molecule has 2 aromatic rings. The fraction of sp³-hybridized carbons (Fsp3) is 0.125. The Morgan fingerprint density at radius 2 is 1.96 bits per heavy atom. The average Bonchev–Trinajstić information content (AvgIpc) is 2.56. The summed E-state index contributed by atoms with van der Waals surface area (Å²) in [5.41, 5.74) is 3.48. The number of alkyl halides is 2. The lowest BCUT2D eigenvalue weighted by molar-refractivity contribution is -0.255. The molecule has 0 amide bonds. The maximum atomic E-state index is 12.5. The van der Waals surface area contributed by atoms with Crippen LogP contribution >= 0.6 is 0 Å². The Balaban J connectivity index is 2.15. The van der Waals surface area contributed by atoms with Crippen LogP contribution in [0.25, 0.3) is 0 Å². The summed E-state index contributed by atoms with van der Waals surface area (Å²) in [6, 6.07) is 10.3. The number of anilines is 1. The first-order valence-corrected chi connectivity index (χ1v) is 6.73. The first-order valence-electron chi connectivity index (χ1n) is 6.73. The van der Waals surface area contributed by atoms with E-state index in [1.165, 1.54) is 49.7 Å². The monoisotopic (exact) mass is 335 g/mol. The van der Waals surface area contributed by atoms with Crippen molar-refractivity contribution in [3.8, 4) is 11.5 Å². The molecule has 1 N–H and O–H groups in total. The van der Waals surface area contributed by atoms with Crippen molar-refractivity contribution in [2.24, 2.45) is 5.10 Å². The number of halogens is 2. The summed E-state index contributed by atoms with van der Waals surface area (Å²) in [4.78, 5) is 10.6. The normalized spacial score (nSPS) is 10.8. The number of hydrogen-bond donors (Lipinski definition) is 1. The average molecular weight is 335 g/mol. The van der Waals surface area contributed by atoms with E-state index in [0.717, 1.165) is 0 Å². The summed E-state index contributed by atoms with van der Waals surface area (Å²) < 4.78 is 34.5. The number of carboxylic acids is 1. The van der Waals surface area contributed by atoms with Crippen LogP contribution in [0.1, 0.15) is 15.9 Å². The van der Waals surface area contributed by atoms with E-state index in [2.05, 4.69) is 15.3 Å². The molecule has 2 aromatic carbocycles. The lowest BCUT2D eigenvalue weighted by Gasteiger charge is -2.12. The van der Waals surface area contributed by atoms with Gasteiger partial charge in [0.1, 0.15) is 0 Å². The topological polar surface area (TPSA) is 83.0 Å². The Labute approximate surface area is 136 Å². The van der Waals surface area contributed by atoms with E-state index in [1.54, 1.807) is 6.07 Å². The number of nitrogens with zero attached hydrogens (tertiary/aromatic N) is 1. The van der Waals surface area contributed by atoms with Gasteiger partial charge >= 0.3 is 6.61 Å². The third kappa shape index (κ3) is 4.42. The number of methoxy groups -OCH3 is 1. The van der Waals surface area contributed by atoms with Gasteiger partial charge in [0.15, 0.2) is 11.5 Å². The molecule has 0 aliphatic rings. The number of carbonyl (C=O) groups excluding carboxylic acids is 1. The van der Waals surface area contributed by atoms with Gasteiger partial charge in [0.25, 0.3) is 0 Å². The maximum Gasteiger partial charge on any atom is 0.387 e. The highest BCUT2D eigenvalue weighted by molar-refractivity contribution is 5.87. The van der Waals surface area contributed by atoms with Gasteiger partial charge in [-0.25, -0.2) is 0 Å². The van der Waals surface area contributed by atoms with E-state index < -0.39 is 12.6 Å². The van der Waals surface area contributed by atoms with Crippen LogP contribution in [0, 0.1) is 0 Å². The molecule has 8 heteroatoms. The number of hydrazone groups is 1. The molecule has 0 atom stereocenters. The molecule has 0 aliphatic carbocycles. The maximum absolute atomic E-state index is 12.5. The molecule has 0 aromatic heterocycles. The predicted octanol–water partition coefficient (Wildman–Crippen LogP) is 2.11. The van der Waals surface area contributed by atoms with Crippen molar-refractivity contribution in [3.63, 3.8) is 0 Å². The van der Waals surface area contributed by atoms with Crippen molar-refractivity contribution in [1.29, 1.82) is 0 Å². The first kappa shape index (κ1) is 17.2. The highest BCUT2D eigenvalue weighted by Gasteiger charge is 2.14. The second-order valence-corrected chi connectivity index (χ2v) is 4.49. The zero-order valence-electron chi connectivity index (χ0n) is 12.5. The quantitative estimate of drug-likeness (QED) is 0.619. The third-order valence-corrected chi connectivity index (χ3v) is 2.95. The molecule has 0 unspecified atom stereocenters. The summed E-state index contributed by atoms with van der Waals surface area (Å²) in [5, 5.41) is 14.6. The fourth-order valence-electron chi connectivity index (χ4n) is 1.87. The Bertz CT molecular complexity index is 733. The van der Waals surface area contributed by atoms with Crippen LogP contribution in [-0.4, -0.2) is 25.9 Å². The summed E-state index contributed by atoms with van der Waals surface area (Å²) in [7, 11) is 1.34. The van der Waals surface area contributed by atoms with Gasteiger partial charge in [-0.05, 0) is 29.8 Å². The molecule has 6 nitrogen and oxygen atoms in total. The minimum absolute atomic E-state index is 0.0324. The van der Waals surface area contributed by atoms with Crippen LogP contribution < -0.4 is 20.0 Å². The smallest absolute Gasteiger partial charge is 0.387 e. The molecule has 0 saturated carbocycles. The SMILES string of the molecule is COc1cccc(/C=N\Nc2ccc(C(=O)[O-])cc2)c1OC(F)F. The van der Waals surface area contributed by atoms with Crippen molar-refractivity contribution in [2.75, 3.05) is 12.5 Å². The van der Waals surface area contributed by atoms with Crippen molar-refractivity contribution in [1.82, 2.24) is 0 Å². The molecule has 0 saturated heterocycles. The lowest BCUT2D eigenvalue weighted by Crippen LogP contribution is -2.21. The van der Waals surface area contributed by atoms with Crippen LogP contribution in [0.15, 0.2) is 47.6 Å². The molecule has 0 aliphatic heterocycles. The van der Waals surface area contributed by atoms with E-state index in [0.29, 0.717) is 5.69 Å². The number of ether oxygens (including phenoxy) is 2. The van der Waals surface area contributed by atoms with Gasteiger partial charge in [-0.2, -0.15) is 13.9 Å². The summed E-state index contributed by atoms with van der Waals surface area (Å²) in [5.74, 6) is -1.26. The number of carboxylic acid groups (broad SMARTS) is 1. The molecular formula is C16H13F2N2O4-. The first-order chi connectivity index (χ1) is 11.5. The van der Waals surface area contributed by atoms with Gasteiger partial charge in [0.2, 0.25) is 0 Å². The minimum Gasteiger partial charge on any atom is -0.545 e. The van der Waals surface area contributed by atoms with E-state index in [9.17, 15) is 18.7 Å². The number of nitrogens with one attached hydrogen (secondary N) is 1. The molecule has 24 heavy (non-hydrogen) atoms. The van der Waals surface area contributed by atoms with Crippen LogP contribution in [0.4, 0.5) is 14.5 Å². The zero-order chi connectivity index (χ0) is 17.5. The van der Waals surface area contributed by atoms with Crippen molar-refractivity contribution < 1.29 is 28.2 Å². The third-order valence-electron chi connectivity index (χ3n) is 2.95. The number of para-hydroxylation sites is 1. The number of aromatic carboxylic acids is 1. The molecule has 2 rings (SSSR count). The number of carbonyl (C=O) groups is 1. The number of rotatable bonds is 7. The second-order valence-electron chi connectivity index (χ2n) is 4.49. The highest BCUT2D eigenvalue weighted by atomic mass is 19.3. The Morgan fingerprint density at radius 1 is 1.25 bits per heavy atom. The van der Waals surface area contributed by atoms with Crippen molar-refractivity contribution in [3.05, 3.63) is 53.6 Å². The largest absolute Gasteiger partial charge is 0.545 e. The Morgan fingerprint density at radius 3 is 2.54 bits per heavy atom. The lowest BCUT2D eigenvalue weighted by atomic mass is 10.2. The van der Waals surface area contributed by atoms with Crippen LogP contribution in [-0.2, 0) is 0 Å². The second kappa shape index (κ2) is 7.91. The van der Waals surface area contributed by atoms with E-state index >= 15 is 0 Å². The Hall–Kier alpha value is -3.16. The molecule has 126 valence electrons. The molecule has 0 bridgehead atoms. The van der Waals surface area contributed by atoms with Gasteiger partial charge < -0.3 is 19.4 Å². The predicted molar refractivity (Wildman–Crippen MR) is 81.6 cm³/mol. The van der Waals surface area contributed by atoms with E-state index in [-0.39, 0.29) is 22.6 Å². The Kier molecular flexibility index (Phi) is 5.67. The number of hydrogen-bond acceptors (Lipinski definition) is 6. The van der Waals surface area contributed by atoms with Gasteiger partial charge in [-0.1, -0.05) is 18.2 Å². The standard InChI is InChI=1S/C16H14F2N2O4/c1-23-13-4-2-3-11(14(13)24-16(17)18)9-19-20-12-7-5-10(6-8-12)15(21)22/h2-9,16,20H,1H3,(H,21,22)/p-1/b19-9-. The van der Waals surface area contributed by atoms with E-state index in [1.807, 2.05) is 0 Å². The van der Waals surface area contributed by atoms with Gasteiger partial charge in [0.05, 0.1) is 25.0 Å². The summed E-state index contributed by atoms with van der Waals surface area (Å²) in [6.07, 6.45) is 1.28. The molecule has 0 fully saturated rings. The van der Waals surface area contributed by atoms with Gasteiger partial charge in [-0.3, -0.25) is 5.43 Å². The fourth-order valence-corrected chi connectivity index (χ4v) is 1.87. The number of benzene rings is 2. The van der Waals surface area contributed by atoms with E-state index in [4.69, 9.17) is 4.74 Å². The highest BCUT2D eigenvalue weighted by Crippen LogP contribution is 2.31. The summed E-state index contributed by atoms with van der Waals surface area (Å²) >= 11 is 0. The molecule has 0 heterocycles. The van der Waals surface area contributed by atoms with Gasteiger partial charge in [0, 0.05) is 5.56 Å². The van der Waals surface area contributed by atoms with Crippen molar-refractivity contribution >= 4 is 17.9 Å². The molecule has 0 spiro atoms. The van der Waals surface area contributed by atoms with Crippen molar-refractivity contribution in [2.45, 2.75) is 6.61 Å². The molecular weight excluding hydrogens is 322 g/mol. The van der Waals surface area contributed by atoms with Crippen LogP contribution in [0.3, 0.4) is 0 Å². The zero-order valence-corrected chi connectivity index (χ0v) is 12.5. The van der Waals surface area contributed by atoms with Crippen LogP contribution in [0.2, 0.25) is 0 Å². The van der Waals surface area contributed by atoms with Gasteiger partial charge in [-0.15, -0.1) is 0 Å². The molecule has 0 radical (unpaired) electrons.